The molecule has 4 nitrogen and oxygen atoms in total. The van der Waals surface area contributed by atoms with Gasteiger partial charge in [0, 0.05) is 13.5 Å². The summed E-state index contributed by atoms with van der Waals surface area (Å²) in [4.78, 5) is 25.2. The summed E-state index contributed by atoms with van der Waals surface area (Å²) < 4.78 is 0. The number of nitrogens with one attached hydrogen (secondary N) is 1. The van der Waals surface area contributed by atoms with Gasteiger partial charge in [-0.1, -0.05) is 43.1 Å². The van der Waals surface area contributed by atoms with Gasteiger partial charge in [0.25, 0.3) is 0 Å². The molecule has 0 aliphatic heterocycles. The number of benzene rings is 1. The number of nitrogens with zero attached hydrogens (tertiary/aromatic N) is 1. The summed E-state index contributed by atoms with van der Waals surface area (Å²) in [5, 5.41) is 3.36. The Balaban J connectivity index is 2.55. The SMILES string of the molecule is CC(C)CCC(=O)N(C)CC(=O)Nc1c(Cl)cccc1Cl. The Bertz CT molecular complexity index is 498. The molecule has 0 saturated heterocycles. The molecule has 0 bridgehead atoms. The van der Waals surface area contributed by atoms with Crippen molar-refractivity contribution < 1.29 is 9.59 Å². The number of likely N-dealkylation sites (N-methyl/N-ethyl adjacent to an activating group) is 1. The molecule has 116 valence electrons. The Hall–Kier alpha value is -1.26. The number of carbonyl (C=O) groups excluding carboxylic acids is 2. The number of rotatable bonds is 6. The van der Waals surface area contributed by atoms with E-state index >= 15 is 0 Å². The molecule has 0 atom stereocenters. The van der Waals surface area contributed by atoms with Crippen LogP contribution in [0.25, 0.3) is 0 Å². The van der Waals surface area contributed by atoms with Crippen molar-refractivity contribution in [2.45, 2.75) is 26.7 Å². The Morgan fingerprint density at radius 2 is 1.81 bits per heavy atom. The Kier molecular flexibility index (Phi) is 6.99. The van der Waals surface area contributed by atoms with Crippen LogP contribution in [0.5, 0.6) is 0 Å². The molecule has 0 aromatic heterocycles. The summed E-state index contributed by atoms with van der Waals surface area (Å²) in [5.41, 5.74) is 0.369. The highest BCUT2D eigenvalue weighted by Crippen LogP contribution is 2.29. The van der Waals surface area contributed by atoms with Crippen molar-refractivity contribution in [1.82, 2.24) is 4.90 Å². The number of para-hydroxylation sites is 1. The molecule has 6 heteroatoms. The Morgan fingerprint density at radius 1 is 1.24 bits per heavy atom. The predicted molar refractivity (Wildman–Crippen MR) is 86.8 cm³/mol. The van der Waals surface area contributed by atoms with E-state index in [1.165, 1.54) is 4.90 Å². The topological polar surface area (TPSA) is 49.4 Å². The first-order valence-corrected chi connectivity index (χ1v) is 7.54. The average Bonchev–Trinajstić information content (AvgIpc) is 2.40. The second kappa shape index (κ2) is 8.25. The maximum absolute atomic E-state index is 11.9. The molecule has 0 spiro atoms. The van der Waals surface area contributed by atoms with Crippen LogP contribution >= 0.6 is 23.2 Å². The van der Waals surface area contributed by atoms with E-state index in [0.717, 1.165) is 6.42 Å². The third kappa shape index (κ3) is 5.94. The molecule has 0 fully saturated rings. The summed E-state index contributed by atoms with van der Waals surface area (Å²) in [6.07, 6.45) is 1.25. The first-order chi connectivity index (χ1) is 9.81. The fourth-order valence-electron chi connectivity index (χ4n) is 1.70. The summed E-state index contributed by atoms with van der Waals surface area (Å²) in [5.74, 6) is 0.0765. The second-order valence-corrected chi connectivity index (χ2v) is 6.14. The smallest absolute Gasteiger partial charge is 0.244 e. The molecule has 21 heavy (non-hydrogen) atoms. The quantitative estimate of drug-likeness (QED) is 0.861. The van der Waals surface area contributed by atoms with E-state index in [2.05, 4.69) is 19.2 Å². The Morgan fingerprint density at radius 3 is 2.33 bits per heavy atom. The maximum Gasteiger partial charge on any atom is 0.244 e. The van der Waals surface area contributed by atoms with E-state index in [4.69, 9.17) is 23.2 Å². The number of hydrogen-bond donors (Lipinski definition) is 1. The average molecular weight is 331 g/mol. The lowest BCUT2D eigenvalue weighted by molar-refractivity contribution is -0.133. The van der Waals surface area contributed by atoms with Gasteiger partial charge in [-0.2, -0.15) is 0 Å². The van der Waals surface area contributed by atoms with E-state index in [1.54, 1.807) is 25.2 Å². The van der Waals surface area contributed by atoms with Gasteiger partial charge in [0.1, 0.15) is 0 Å². The van der Waals surface area contributed by atoms with Crippen LogP contribution < -0.4 is 5.32 Å². The molecule has 1 N–H and O–H groups in total. The van der Waals surface area contributed by atoms with Crippen LogP contribution in [0.15, 0.2) is 18.2 Å². The highest BCUT2D eigenvalue weighted by atomic mass is 35.5. The van der Waals surface area contributed by atoms with E-state index in [-0.39, 0.29) is 18.4 Å². The normalized spacial score (nSPS) is 10.6. The van der Waals surface area contributed by atoms with Crippen molar-refractivity contribution >= 4 is 40.7 Å². The third-order valence-electron chi connectivity index (χ3n) is 2.97. The number of carbonyl (C=O) groups is 2. The van der Waals surface area contributed by atoms with Gasteiger partial charge < -0.3 is 10.2 Å². The lowest BCUT2D eigenvalue weighted by atomic mass is 10.1. The van der Waals surface area contributed by atoms with Gasteiger partial charge in [-0.3, -0.25) is 9.59 Å². The molecule has 0 heterocycles. The summed E-state index contributed by atoms with van der Waals surface area (Å²) in [6.45, 7) is 4.08. The molecule has 2 amide bonds. The zero-order valence-electron chi connectivity index (χ0n) is 12.5. The van der Waals surface area contributed by atoms with Crippen LogP contribution in [-0.2, 0) is 9.59 Å². The van der Waals surface area contributed by atoms with Gasteiger partial charge in [-0.25, -0.2) is 0 Å². The highest BCUT2D eigenvalue weighted by Gasteiger charge is 2.15. The summed E-state index contributed by atoms with van der Waals surface area (Å²) >= 11 is 12.0. The van der Waals surface area contributed by atoms with Crippen LogP contribution in [0.3, 0.4) is 0 Å². The minimum atomic E-state index is -0.328. The van der Waals surface area contributed by atoms with E-state index < -0.39 is 0 Å². The zero-order chi connectivity index (χ0) is 16.0. The molecular weight excluding hydrogens is 311 g/mol. The van der Waals surface area contributed by atoms with Crippen molar-refractivity contribution in [3.63, 3.8) is 0 Å². The summed E-state index contributed by atoms with van der Waals surface area (Å²) in [7, 11) is 1.61. The van der Waals surface area contributed by atoms with E-state index in [1.807, 2.05) is 0 Å². The molecule has 1 aromatic carbocycles. The molecule has 0 unspecified atom stereocenters. The van der Waals surface area contributed by atoms with Crippen molar-refractivity contribution in [2.24, 2.45) is 5.92 Å². The van der Waals surface area contributed by atoms with Crippen LogP contribution in [0.2, 0.25) is 10.0 Å². The van der Waals surface area contributed by atoms with Gasteiger partial charge in [-0.05, 0) is 24.5 Å². The highest BCUT2D eigenvalue weighted by molar-refractivity contribution is 6.39. The van der Waals surface area contributed by atoms with Crippen molar-refractivity contribution in [3.05, 3.63) is 28.2 Å². The molecular formula is C15H20Cl2N2O2. The first kappa shape index (κ1) is 17.8. The lowest BCUT2D eigenvalue weighted by Gasteiger charge is -2.18. The van der Waals surface area contributed by atoms with Crippen LogP contribution in [0.4, 0.5) is 5.69 Å². The molecule has 1 aromatic rings. The number of anilines is 1. The van der Waals surface area contributed by atoms with Gasteiger partial charge in [0.2, 0.25) is 11.8 Å². The largest absolute Gasteiger partial charge is 0.336 e. The predicted octanol–water partition coefficient (Wildman–Crippen LogP) is 3.83. The molecule has 1 rings (SSSR count). The molecule has 0 aliphatic carbocycles. The van der Waals surface area contributed by atoms with Crippen LogP contribution in [0, 0.1) is 5.92 Å². The number of amides is 2. The minimum absolute atomic E-state index is 0.0293. The maximum atomic E-state index is 11.9. The third-order valence-corrected chi connectivity index (χ3v) is 3.60. The van der Waals surface area contributed by atoms with Crippen LogP contribution in [-0.4, -0.2) is 30.3 Å². The van der Waals surface area contributed by atoms with E-state index in [9.17, 15) is 9.59 Å². The van der Waals surface area contributed by atoms with Crippen molar-refractivity contribution in [1.29, 1.82) is 0 Å². The lowest BCUT2D eigenvalue weighted by Crippen LogP contribution is -2.35. The van der Waals surface area contributed by atoms with Gasteiger partial charge in [0.15, 0.2) is 0 Å². The number of hydrogen-bond acceptors (Lipinski definition) is 2. The second-order valence-electron chi connectivity index (χ2n) is 5.33. The van der Waals surface area contributed by atoms with Gasteiger partial charge >= 0.3 is 0 Å². The molecule has 0 radical (unpaired) electrons. The number of halogens is 2. The molecule has 0 saturated carbocycles. The fraction of sp³-hybridized carbons (Fsp3) is 0.467. The van der Waals surface area contributed by atoms with Crippen molar-refractivity contribution in [3.8, 4) is 0 Å². The first-order valence-electron chi connectivity index (χ1n) is 6.79. The van der Waals surface area contributed by atoms with Gasteiger partial charge in [0.05, 0.1) is 22.3 Å². The van der Waals surface area contributed by atoms with Gasteiger partial charge in [-0.15, -0.1) is 0 Å². The van der Waals surface area contributed by atoms with Crippen molar-refractivity contribution in [2.75, 3.05) is 18.9 Å². The van der Waals surface area contributed by atoms with Crippen LogP contribution in [0.1, 0.15) is 26.7 Å². The zero-order valence-corrected chi connectivity index (χ0v) is 14.0. The standard InChI is InChI=1S/C15H20Cl2N2O2/c1-10(2)7-8-14(21)19(3)9-13(20)18-15-11(16)5-4-6-12(15)17/h4-6,10H,7-9H2,1-3H3,(H,18,20). The fourth-order valence-corrected chi connectivity index (χ4v) is 2.19. The minimum Gasteiger partial charge on any atom is -0.336 e. The summed E-state index contributed by atoms with van der Waals surface area (Å²) in [6, 6.07) is 4.98. The monoisotopic (exact) mass is 330 g/mol. The molecule has 0 aliphatic rings. The Labute approximate surface area is 135 Å². The van der Waals surface area contributed by atoms with E-state index in [0.29, 0.717) is 28.1 Å².